The van der Waals surface area contributed by atoms with Crippen molar-refractivity contribution in [3.8, 4) is 5.95 Å². The van der Waals surface area contributed by atoms with Crippen molar-refractivity contribution in [2.75, 3.05) is 12.4 Å². The molecule has 1 N–H and O–H groups in total. The Morgan fingerprint density at radius 2 is 1.34 bits per heavy atom. The number of aryl methyl sites for hydroxylation is 4. The number of rotatable bonds is 2. The normalized spacial score (nSPS) is 9.75. The molecule has 32 heavy (non-hydrogen) atoms. The Bertz CT molecular complexity index is 1100. The van der Waals surface area contributed by atoms with Gasteiger partial charge in [0.05, 0.1) is 12.4 Å². The van der Waals surface area contributed by atoms with Crippen LogP contribution >= 0.6 is 23.2 Å². The molecule has 0 aliphatic carbocycles. The maximum absolute atomic E-state index is 8.88. The third-order valence-electron chi connectivity index (χ3n) is 4.05. The van der Waals surface area contributed by atoms with Gasteiger partial charge in [-0.15, -0.1) is 23.2 Å². The molecule has 4 heterocycles. The summed E-state index contributed by atoms with van der Waals surface area (Å²) in [5, 5.41) is 11.1. The number of methoxy groups -OCH3 is 1. The van der Waals surface area contributed by atoms with Crippen LogP contribution < -0.4 is 4.74 Å². The van der Waals surface area contributed by atoms with Crippen LogP contribution in [0, 0.1) is 27.7 Å². The molecule has 4 aromatic heterocycles. The van der Waals surface area contributed by atoms with Crippen LogP contribution in [-0.2, 0) is 29.1 Å². The Kier molecular flexibility index (Phi) is 12.3. The van der Waals surface area contributed by atoms with E-state index >= 15 is 0 Å². The number of fused-ring (bicyclic) bond motifs is 2. The average Bonchev–Trinajstić information content (AvgIpc) is 3.33. The van der Waals surface area contributed by atoms with Crippen LogP contribution in [0.15, 0.2) is 33.1 Å². The number of hydrogen-bond donors (Lipinski definition) is 1. The molecule has 0 aliphatic rings. The van der Waals surface area contributed by atoms with Crippen LogP contribution in [0.4, 0.5) is 0 Å². The van der Waals surface area contributed by atoms with Crippen molar-refractivity contribution in [3.05, 3.63) is 52.8 Å². The second-order valence-corrected chi connectivity index (χ2v) is 7.33. The molecule has 8 nitrogen and oxygen atoms in total. The molecule has 0 aliphatic heterocycles. The fraction of sp³-hybridized carbons (Fsp3) is 0.333. The van der Waals surface area contributed by atoms with Crippen molar-refractivity contribution in [1.82, 2.24) is 9.97 Å². The van der Waals surface area contributed by atoms with Gasteiger partial charge in [0, 0.05) is 51.7 Å². The SMILES string of the molecule is COc1cc2c(C)nc(C)cc2o1.Cc1cc2oc(CO)cc2c(C)n1.ClCCl.[O]=[Mn]=[O]. The van der Waals surface area contributed by atoms with E-state index in [1.165, 1.54) is 0 Å². The zero-order valence-electron chi connectivity index (χ0n) is 18.2. The zero-order valence-corrected chi connectivity index (χ0v) is 20.9. The van der Waals surface area contributed by atoms with Gasteiger partial charge < -0.3 is 18.7 Å². The fourth-order valence-corrected chi connectivity index (χ4v) is 2.89. The van der Waals surface area contributed by atoms with Gasteiger partial charge in [-0.2, -0.15) is 0 Å². The summed E-state index contributed by atoms with van der Waals surface area (Å²) in [7, 11) is 1.59. The van der Waals surface area contributed by atoms with E-state index in [1.54, 1.807) is 7.11 Å². The quantitative estimate of drug-likeness (QED) is 0.266. The van der Waals surface area contributed by atoms with Gasteiger partial charge in [0.25, 0.3) is 5.95 Å². The molecule has 0 spiro atoms. The van der Waals surface area contributed by atoms with E-state index < -0.39 is 14.8 Å². The Hall–Kier alpha value is -2.16. The van der Waals surface area contributed by atoms with E-state index in [0.717, 1.165) is 44.7 Å². The van der Waals surface area contributed by atoms with Crippen molar-refractivity contribution >= 4 is 45.1 Å². The van der Waals surface area contributed by atoms with Gasteiger partial charge in [0.2, 0.25) is 0 Å². The Morgan fingerprint density at radius 3 is 1.78 bits per heavy atom. The van der Waals surface area contributed by atoms with Gasteiger partial charge >= 0.3 is 22.5 Å². The topological polar surface area (TPSA) is 116 Å². The third kappa shape index (κ3) is 8.07. The van der Waals surface area contributed by atoms with Crippen molar-refractivity contribution in [3.63, 3.8) is 0 Å². The molecule has 0 radical (unpaired) electrons. The van der Waals surface area contributed by atoms with Crippen LogP contribution in [0.1, 0.15) is 28.5 Å². The summed E-state index contributed by atoms with van der Waals surface area (Å²) in [5.41, 5.74) is 5.45. The second-order valence-electron chi connectivity index (χ2n) is 6.33. The number of nitrogens with zero attached hydrogens (tertiary/aromatic N) is 2. The minimum absolute atomic E-state index is 0.0623. The van der Waals surface area contributed by atoms with E-state index in [-0.39, 0.29) is 11.9 Å². The summed E-state index contributed by atoms with van der Waals surface area (Å²) in [6, 6.07) is 7.47. The molecule has 0 amide bonds. The molecule has 0 fully saturated rings. The summed E-state index contributed by atoms with van der Waals surface area (Å²) in [4.78, 5) is 8.64. The van der Waals surface area contributed by atoms with Crippen molar-refractivity contribution in [2.45, 2.75) is 34.3 Å². The van der Waals surface area contributed by atoms with E-state index in [1.807, 2.05) is 52.0 Å². The van der Waals surface area contributed by atoms with Crippen LogP contribution in [-0.4, -0.2) is 27.5 Å². The van der Waals surface area contributed by atoms with Crippen molar-refractivity contribution in [2.24, 2.45) is 0 Å². The number of aliphatic hydroxyl groups is 1. The molecule has 0 unspecified atom stereocenters. The molecule has 0 saturated carbocycles. The molecular formula is C21H24Cl2MnN2O6. The minimum atomic E-state index is -1.44. The Labute approximate surface area is 201 Å². The molecule has 4 rings (SSSR count). The first kappa shape index (κ1) is 27.9. The van der Waals surface area contributed by atoms with E-state index in [9.17, 15) is 0 Å². The maximum atomic E-state index is 8.88. The summed E-state index contributed by atoms with van der Waals surface area (Å²) in [5.74, 6) is 1.12. The molecule has 4 aromatic rings. The van der Waals surface area contributed by atoms with Crippen LogP contribution in [0.5, 0.6) is 5.95 Å². The fourth-order valence-electron chi connectivity index (χ4n) is 2.89. The number of aliphatic hydroxyl groups excluding tert-OH is 1. The van der Waals surface area contributed by atoms with Gasteiger partial charge in [0.1, 0.15) is 23.5 Å². The van der Waals surface area contributed by atoms with Crippen LogP contribution in [0.25, 0.3) is 21.9 Å². The zero-order chi connectivity index (χ0) is 24.3. The molecule has 0 bridgehead atoms. The standard InChI is InChI=1S/2C10H11NO2.CH2Cl2.Mn.2O/c1-6-4-9-8(7(2)11-6)5-10(12-3)13-9;1-6-3-10-9(7(2)11-6)4-8(5-12)13-10;2-1-3;;;/h4-5H,1-3H3;3-4,12H,5H2,1-2H3;1H2;;;. The second kappa shape index (κ2) is 14.1. The van der Waals surface area contributed by atoms with E-state index in [2.05, 4.69) is 9.97 Å². The third-order valence-corrected chi connectivity index (χ3v) is 4.05. The predicted octanol–water partition coefficient (Wildman–Crippen LogP) is 5.57. The Balaban J connectivity index is 0.000000258. The number of ether oxygens (including phenoxy) is 1. The van der Waals surface area contributed by atoms with Crippen molar-refractivity contribution < 1.29 is 41.2 Å². The molecule has 0 aromatic carbocycles. The molecule has 11 heteroatoms. The predicted molar refractivity (Wildman–Crippen MR) is 117 cm³/mol. The Morgan fingerprint density at radius 1 is 0.906 bits per heavy atom. The number of halogens is 2. The van der Waals surface area contributed by atoms with Gasteiger partial charge in [-0.1, -0.05) is 0 Å². The molecule has 0 atom stereocenters. The van der Waals surface area contributed by atoms with Gasteiger partial charge in [-0.25, -0.2) is 0 Å². The first-order valence-corrected chi connectivity index (χ1v) is 11.2. The molecule has 0 saturated heterocycles. The summed E-state index contributed by atoms with van der Waals surface area (Å²) in [6.07, 6.45) is 0. The number of alkyl halides is 2. The average molecular weight is 526 g/mol. The number of hydrogen-bond acceptors (Lipinski definition) is 8. The monoisotopic (exact) mass is 525 g/mol. The summed E-state index contributed by atoms with van der Waals surface area (Å²) in [6.45, 7) is 7.71. The van der Waals surface area contributed by atoms with Crippen LogP contribution in [0.3, 0.4) is 0 Å². The molecular weight excluding hydrogens is 502 g/mol. The van der Waals surface area contributed by atoms with Crippen LogP contribution in [0.2, 0.25) is 0 Å². The van der Waals surface area contributed by atoms with Crippen molar-refractivity contribution in [1.29, 1.82) is 0 Å². The van der Waals surface area contributed by atoms with Gasteiger partial charge in [0.15, 0.2) is 0 Å². The van der Waals surface area contributed by atoms with E-state index in [4.69, 9.17) is 49.5 Å². The number of aromatic nitrogens is 2. The van der Waals surface area contributed by atoms with E-state index in [0.29, 0.717) is 11.7 Å². The number of furan rings is 2. The summed E-state index contributed by atoms with van der Waals surface area (Å²) < 4.78 is 32.6. The molecule has 175 valence electrons. The first-order valence-electron chi connectivity index (χ1n) is 9.15. The van der Waals surface area contributed by atoms with Gasteiger partial charge in [-0.3, -0.25) is 9.97 Å². The van der Waals surface area contributed by atoms with Gasteiger partial charge in [-0.05, 0) is 33.8 Å². The number of pyridine rings is 2. The summed E-state index contributed by atoms with van der Waals surface area (Å²) >= 11 is 8.09. The first-order chi connectivity index (χ1) is 15.2.